The molecule has 0 spiro atoms. The molecule has 1 saturated carbocycles. The lowest BCUT2D eigenvalue weighted by Crippen LogP contribution is -2.26. The van der Waals surface area contributed by atoms with Gasteiger partial charge in [-0.2, -0.15) is 11.8 Å². The van der Waals surface area contributed by atoms with Crippen LogP contribution >= 0.6 is 11.8 Å². The van der Waals surface area contributed by atoms with Crippen molar-refractivity contribution in [3.05, 3.63) is 33.9 Å². The van der Waals surface area contributed by atoms with E-state index in [0.29, 0.717) is 17.4 Å². The first-order chi connectivity index (χ1) is 10.4. The molecule has 0 bridgehead atoms. The van der Waals surface area contributed by atoms with Crippen LogP contribution in [0, 0.1) is 17.0 Å². The lowest BCUT2D eigenvalue weighted by molar-refractivity contribution is -0.385. The molecule has 22 heavy (non-hydrogen) atoms. The monoisotopic (exact) mass is 344 g/mol. The highest BCUT2D eigenvalue weighted by Gasteiger charge is 2.20. The van der Waals surface area contributed by atoms with Crippen LogP contribution in [-0.4, -0.2) is 30.9 Å². The van der Waals surface area contributed by atoms with Gasteiger partial charge in [0.05, 0.1) is 9.82 Å². The normalized spacial score (nSPS) is 16.0. The van der Waals surface area contributed by atoms with Gasteiger partial charge in [0, 0.05) is 29.2 Å². The molecule has 8 heteroatoms. The second-order valence-electron chi connectivity index (χ2n) is 5.38. The number of nitrogens with zero attached hydrogens (tertiary/aromatic N) is 1. The Labute approximate surface area is 134 Å². The molecular formula is C14H20N2O4S2. The van der Waals surface area contributed by atoms with E-state index in [1.54, 1.807) is 18.7 Å². The SMILES string of the molecule is Cc1ccc(S(=O)(=O)NCCSC2CCCC2)cc1[N+](=O)[O-]. The predicted molar refractivity (Wildman–Crippen MR) is 87.7 cm³/mol. The molecule has 0 aromatic heterocycles. The van der Waals surface area contributed by atoms with Gasteiger partial charge in [0.1, 0.15) is 0 Å². The minimum Gasteiger partial charge on any atom is -0.258 e. The molecule has 122 valence electrons. The summed E-state index contributed by atoms with van der Waals surface area (Å²) in [5.41, 5.74) is 0.268. The lowest BCUT2D eigenvalue weighted by atomic mass is 10.2. The van der Waals surface area contributed by atoms with E-state index < -0.39 is 14.9 Å². The van der Waals surface area contributed by atoms with E-state index in [1.807, 2.05) is 0 Å². The van der Waals surface area contributed by atoms with Crippen molar-refractivity contribution in [2.45, 2.75) is 42.8 Å². The topological polar surface area (TPSA) is 89.3 Å². The highest BCUT2D eigenvalue weighted by atomic mass is 32.2. The fourth-order valence-corrected chi connectivity index (χ4v) is 4.89. The zero-order valence-corrected chi connectivity index (χ0v) is 14.1. The summed E-state index contributed by atoms with van der Waals surface area (Å²) in [6.45, 7) is 1.92. The fraction of sp³-hybridized carbons (Fsp3) is 0.571. The molecule has 0 radical (unpaired) electrons. The van der Waals surface area contributed by atoms with Crippen molar-refractivity contribution >= 4 is 27.5 Å². The first kappa shape index (κ1) is 17.2. The second kappa shape index (κ2) is 7.43. The number of thioether (sulfide) groups is 1. The van der Waals surface area contributed by atoms with Crippen LogP contribution in [0.3, 0.4) is 0 Å². The van der Waals surface area contributed by atoms with Gasteiger partial charge >= 0.3 is 0 Å². The molecule has 1 N–H and O–H groups in total. The van der Waals surface area contributed by atoms with E-state index in [4.69, 9.17) is 0 Å². The molecule has 2 rings (SSSR count). The van der Waals surface area contributed by atoms with Crippen LogP contribution in [0.15, 0.2) is 23.1 Å². The molecule has 1 aliphatic carbocycles. The zero-order valence-electron chi connectivity index (χ0n) is 12.4. The Hall–Kier alpha value is -1.12. The van der Waals surface area contributed by atoms with Gasteiger partial charge in [-0.15, -0.1) is 0 Å². The summed E-state index contributed by atoms with van der Waals surface area (Å²) in [6, 6.07) is 3.97. The van der Waals surface area contributed by atoms with Crippen LogP contribution < -0.4 is 4.72 Å². The molecule has 1 aliphatic rings. The van der Waals surface area contributed by atoms with Gasteiger partial charge in [0.2, 0.25) is 10.0 Å². The van der Waals surface area contributed by atoms with Crippen molar-refractivity contribution in [1.29, 1.82) is 0 Å². The average molecular weight is 344 g/mol. The maximum Gasteiger partial charge on any atom is 0.273 e. The number of rotatable bonds is 7. The van der Waals surface area contributed by atoms with Gasteiger partial charge < -0.3 is 0 Å². The molecular weight excluding hydrogens is 324 g/mol. The molecule has 0 unspecified atom stereocenters. The first-order valence-corrected chi connectivity index (χ1v) is 9.79. The predicted octanol–water partition coefficient (Wildman–Crippen LogP) is 2.86. The third-order valence-corrected chi connectivity index (χ3v) is 6.58. The summed E-state index contributed by atoms with van der Waals surface area (Å²) in [7, 11) is -3.70. The molecule has 0 heterocycles. The van der Waals surface area contributed by atoms with Gasteiger partial charge in [-0.3, -0.25) is 10.1 Å². The molecule has 1 fully saturated rings. The summed E-state index contributed by atoms with van der Waals surface area (Å²) < 4.78 is 26.9. The Kier molecular flexibility index (Phi) is 5.82. The zero-order chi connectivity index (χ0) is 16.2. The van der Waals surface area contributed by atoms with E-state index in [-0.39, 0.29) is 10.6 Å². The number of nitrogens with one attached hydrogen (secondary N) is 1. The van der Waals surface area contributed by atoms with Crippen molar-refractivity contribution < 1.29 is 13.3 Å². The standard InChI is InChI=1S/C14H20N2O4S2/c1-11-6-7-13(10-14(11)16(17)18)22(19,20)15-8-9-21-12-4-2-3-5-12/h6-7,10,12,15H,2-5,8-9H2,1H3. The van der Waals surface area contributed by atoms with Crippen LogP contribution in [0.4, 0.5) is 5.69 Å². The summed E-state index contributed by atoms with van der Waals surface area (Å²) in [6.07, 6.45) is 4.94. The van der Waals surface area contributed by atoms with Gasteiger partial charge in [-0.05, 0) is 25.8 Å². The maximum atomic E-state index is 12.2. The van der Waals surface area contributed by atoms with Gasteiger partial charge in [-0.1, -0.05) is 18.9 Å². The van der Waals surface area contributed by atoms with E-state index >= 15 is 0 Å². The van der Waals surface area contributed by atoms with Crippen LogP contribution in [0.1, 0.15) is 31.2 Å². The maximum absolute atomic E-state index is 12.2. The number of nitro groups is 1. The summed E-state index contributed by atoms with van der Waals surface area (Å²) in [5, 5.41) is 11.5. The molecule has 0 atom stereocenters. The number of benzene rings is 1. The molecule has 0 saturated heterocycles. The summed E-state index contributed by atoms with van der Waals surface area (Å²) in [4.78, 5) is 10.3. The highest BCUT2D eigenvalue weighted by molar-refractivity contribution is 8.00. The third kappa shape index (κ3) is 4.44. The number of hydrogen-bond acceptors (Lipinski definition) is 5. The van der Waals surface area contributed by atoms with Crippen LogP contribution in [0.2, 0.25) is 0 Å². The lowest BCUT2D eigenvalue weighted by Gasteiger charge is -2.10. The Morgan fingerprint density at radius 1 is 1.36 bits per heavy atom. The van der Waals surface area contributed by atoms with Crippen molar-refractivity contribution in [3.63, 3.8) is 0 Å². The van der Waals surface area contributed by atoms with E-state index in [1.165, 1.54) is 37.8 Å². The minimum atomic E-state index is -3.70. The van der Waals surface area contributed by atoms with Gasteiger partial charge in [-0.25, -0.2) is 13.1 Å². The van der Waals surface area contributed by atoms with Crippen molar-refractivity contribution in [2.24, 2.45) is 0 Å². The third-order valence-electron chi connectivity index (χ3n) is 3.74. The molecule has 6 nitrogen and oxygen atoms in total. The largest absolute Gasteiger partial charge is 0.273 e. The minimum absolute atomic E-state index is 0.0596. The van der Waals surface area contributed by atoms with Crippen LogP contribution in [-0.2, 0) is 10.0 Å². The fourth-order valence-electron chi connectivity index (χ4n) is 2.49. The summed E-state index contributed by atoms with van der Waals surface area (Å²) in [5.74, 6) is 0.720. The van der Waals surface area contributed by atoms with Crippen LogP contribution in [0.5, 0.6) is 0 Å². The van der Waals surface area contributed by atoms with Crippen molar-refractivity contribution in [2.75, 3.05) is 12.3 Å². The smallest absolute Gasteiger partial charge is 0.258 e. The first-order valence-electron chi connectivity index (χ1n) is 7.26. The Balaban J connectivity index is 1.94. The Morgan fingerprint density at radius 2 is 2.05 bits per heavy atom. The quantitative estimate of drug-likeness (QED) is 0.467. The van der Waals surface area contributed by atoms with Gasteiger partial charge in [0.25, 0.3) is 5.69 Å². The molecule has 0 amide bonds. The number of sulfonamides is 1. The molecule has 1 aromatic rings. The van der Waals surface area contributed by atoms with E-state index in [0.717, 1.165) is 11.8 Å². The highest BCUT2D eigenvalue weighted by Crippen LogP contribution is 2.29. The van der Waals surface area contributed by atoms with Gasteiger partial charge in [0.15, 0.2) is 0 Å². The number of hydrogen-bond donors (Lipinski definition) is 1. The number of aryl methyl sites for hydroxylation is 1. The van der Waals surface area contributed by atoms with E-state index in [9.17, 15) is 18.5 Å². The summed E-state index contributed by atoms with van der Waals surface area (Å²) >= 11 is 1.80. The van der Waals surface area contributed by atoms with E-state index in [2.05, 4.69) is 4.72 Å². The van der Waals surface area contributed by atoms with Crippen molar-refractivity contribution in [3.8, 4) is 0 Å². The number of nitro benzene ring substituents is 1. The average Bonchev–Trinajstić information content (AvgIpc) is 2.97. The molecule has 1 aromatic carbocycles. The van der Waals surface area contributed by atoms with Crippen LogP contribution in [0.25, 0.3) is 0 Å². The molecule has 0 aliphatic heterocycles. The van der Waals surface area contributed by atoms with Crippen molar-refractivity contribution in [1.82, 2.24) is 4.72 Å². The Bertz CT molecular complexity index is 640. The Morgan fingerprint density at radius 3 is 2.68 bits per heavy atom. The second-order valence-corrected chi connectivity index (χ2v) is 8.56.